The van der Waals surface area contributed by atoms with Crippen molar-refractivity contribution in [3.8, 4) is 11.5 Å². The highest BCUT2D eigenvalue weighted by atomic mass is 79.9. The van der Waals surface area contributed by atoms with Gasteiger partial charge >= 0.3 is 0 Å². The third-order valence-electron chi connectivity index (χ3n) is 4.36. The third kappa shape index (κ3) is 6.03. The molecular weight excluding hydrogens is 534 g/mol. The molecule has 34 heavy (non-hydrogen) atoms. The maximum Gasteiger partial charge on any atom is 0.294 e. The van der Waals surface area contributed by atoms with E-state index in [-0.39, 0.29) is 17.2 Å². The molecule has 0 aromatic heterocycles. The number of ether oxygens (including phenoxy) is 2. The van der Waals surface area contributed by atoms with Crippen LogP contribution in [0.25, 0.3) is 6.08 Å². The Labute approximate surface area is 206 Å². The van der Waals surface area contributed by atoms with E-state index in [0.717, 1.165) is 17.0 Å². The standard InChI is InChI=1S/C23H19BrF2N2O5S/c1-3-7-33-21-15(24)8-13(9-18(21)32-4-2)10-19-22(30)28(23(31)34-19)12-20(29)27-17-6-5-14(25)11-16(17)26/h3,5-6,8-11H,1,4,7,12H2,2H3,(H,27,29)/b19-10+. The van der Waals surface area contributed by atoms with Crippen molar-refractivity contribution in [1.82, 2.24) is 4.90 Å². The summed E-state index contributed by atoms with van der Waals surface area (Å²) in [6.07, 6.45) is 3.08. The first-order valence-electron chi connectivity index (χ1n) is 9.93. The van der Waals surface area contributed by atoms with Gasteiger partial charge in [-0.15, -0.1) is 0 Å². The van der Waals surface area contributed by atoms with Crippen molar-refractivity contribution >= 4 is 56.5 Å². The van der Waals surface area contributed by atoms with Crippen molar-refractivity contribution in [3.05, 3.63) is 69.6 Å². The molecule has 3 rings (SSSR count). The van der Waals surface area contributed by atoms with Gasteiger partial charge in [-0.05, 0) is 70.5 Å². The van der Waals surface area contributed by atoms with E-state index in [0.29, 0.717) is 46.0 Å². The van der Waals surface area contributed by atoms with E-state index in [2.05, 4.69) is 27.8 Å². The molecule has 1 fully saturated rings. The Morgan fingerprint density at radius 3 is 2.68 bits per heavy atom. The number of nitrogens with zero attached hydrogens (tertiary/aromatic N) is 1. The van der Waals surface area contributed by atoms with E-state index in [9.17, 15) is 23.2 Å². The number of halogens is 3. The van der Waals surface area contributed by atoms with Gasteiger partial charge in [0.15, 0.2) is 11.5 Å². The Morgan fingerprint density at radius 1 is 1.24 bits per heavy atom. The van der Waals surface area contributed by atoms with E-state index in [1.165, 1.54) is 6.08 Å². The topological polar surface area (TPSA) is 84.9 Å². The van der Waals surface area contributed by atoms with Crippen molar-refractivity contribution in [2.75, 3.05) is 25.1 Å². The van der Waals surface area contributed by atoms with Gasteiger partial charge < -0.3 is 14.8 Å². The normalized spacial score (nSPS) is 14.5. The first kappa shape index (κ1) is 25.4. The van der Waals surface area contributed by atoms with Crippen molar-refractivity contribution in [3.63, 3.8) is 0 Å². The first-order valence-corrected chi connectivity index (χ1v) is 11.5. The average Bonchev–Trinajstić information content (AvgIpc) is 3.02. The maximum atomic E-state index is 13.8. The Hall–Kier alpha value is -3.18. The number of thioether (sulfide) groups is 1. The van der Waals surface area contributed by atoms with Crippen molar-refractivity contribution in [1.29, 1.82) is 0 Å². The van der Waals surface area contributed by atoms with Crippen LogP contribution in [-0.2, 0) is 9.59 Å². The molecule has 0 bridgehead atoms. The van der Waals surface area contributed by atoms with Crippen LogP contribution in [0.4, 0.5) is 19.3 Å². The summed E-state index contributed by atoms with van der Waals surface area (Å²) < 4.78 is 38.6. The molecular formula is C23H19BrF2N2O5S. The predicted octanol–water partition coefficient (Wildman–Crippen LogP) is 5.37. The Bertz CT molecular complexity index is 1190. The van der Waals surface area contributed by atoms with Crippen LogP contribution in [-0.4, -0.2) is 41.7 Å². The lowest BCUT2D eigenvalue weighted by Crippen LogP contribution is -2.36. The minimum atomic E-state index is -0.974. The number of amides is 3. The lowest BCUT2D eigenvalue weighted by Gasteiger charge is -2.14. The van der Waals surface area contributed by atoms with E-state index in [4.69, 9.17) is 9.47 Å². The summed E-state index contributed by atoms with van der Waals surface area (Å²) in [6.45, 7) is 5.44. The van der Waals surface area contributed by atoms with Gasteiger partial charge in [0.25, 0.3) is 11.1 Å². The Kier molecular flexibility index (Phi) is 8.46. The molecule has 0 atom stereocenters. The summed E-state index contributed by atoms with van der Waals surface area (Å²) in [5.41, 5.74) is 0.297. The molecule has 0 aliphatic carbocycles. The molecule has 178 valence electrons. The molecule has 1 saturated heterocycles. The number of rotatable bonds is 9. The summed E-state index contributed by atoms with van der Waals surface area (Å²) in [4.78, 5) is 38.2. The Balaban J connectivity index is 1.77. The zero-order valence-corrected chi connectivity index (χ0v) is 20.3. The molecule has 0 spiro atoms. The zero-order valence-electron chi connectivity index (χ0n) is 17.9. The molecule has 2 aromatic carbocycles. The smallest absolute Gasteiger partial charge is 0.294 e. The van der Waals surface area contributed by atoms with Gasteiger partial charge in [0.1, 0.15) is 24.8 Å². The van der Waals surface area contributed by atoms with Crippen LogP contribution in [0.2, 0.25) is 0 Å². The molecule has 2 aromatic rings. The predicted molar refractivity (Wildman–Crippen MR) is 129 cm³/mol. The summed E-state index contributed by atoms with van der Waals surface area (Å²) >= 11 is 4.08. The number of hydrogen-bond acceptors (Lipinski definition) is 6. The fraction of sp³-hybridized carbons (Fsp3) is 0.174. The van der Waals surface area contributed by atoms with Crippen LogP contribution in [0.15, 0.2) is 52.4 Å². The number of carbonyl (C=O) groups excluding carboxylic acids is 3. The summed E-state index contributed by atoms with van der Waals surface area (Å²) in [6, 6.07) is 5.99. The van der Waals surface area contributed by atoms with E-state index in [1.807, 2.05) is 6.92 Å². The van der Waals surface area contributed by atoms with Crippen molar-refractivity contribution in [2.24, 2.45) is 0 Å². The number of hydrogen-bond donors (Lipinski definition) is 1. The second-order valence-corrected chi connectivity index (χ2v) is 8.65. The SMILES string of the molecule is C=CCOc1c(Br)cc(/C=C2/SC(=O)N(CC(=O)Nc3ccc(F)cc3F)C2=O)cc1OCC. The molecule has 1 aliphatic rings. The quantitative estimate of drug-likeness (QED) is 0.332. The lowest BCUT2D eigenvalue weighted by atomic mass is 10.2. The average molecular weight is 553 g/mol. The fourth-order valence-electron chi connectivity index (χ4n) is 2.93. The summed E-state index contributed by atoms with van der Waals surface area (Å²) in [5.74, 6) is -2.35. The molecule has 1 heterocycles. The molecule has 0 unspecified atom stereocenters. The number of nitrogens with one attached hydrogen (secondary N) is 1. The highest BCUT2D eigenvalue weighted by Crippen LogP contribution is 2.39. The third-order valence-corrected chi connectivity index (χ3v) is 5.85. The monoisotopic (exact) mass is 552 g/mol. The van der Waals surface area contributed by atoms with Crippen molar-refractivity contribution in [2.45, 2.75) is 6.92 Å². The van der Waals surface area contributed by atoms with Gasteiger partial charge in [0, 0.05) is 6.07 Å². The molecule has 7 nitrogen and oxygen atoms in total. The van der Waals surface area contributed by atoms with Crippen LogP contribution in [0.3, 0.4) is 0 Å². The second kappa shape index (κ2) is 11.3. The van der Waals surface area contributed by atoms with Crippen molar-refractivity contribution < 1.29 is 32.6 Å². The summed E-state index contributed by atoms with van der Waals surface area (Å²) in [7, 11) is 0. The van der Waals surface area contributed by atoms with Crippen LogP contribution in [0, 0.1) is 11.6 Å². The first-order chi connectivity index (χ1) is 16.2. The molecule has 11 heteroatoms. The van der Waals surface area contributed by atoms with Crippen LogP contribution in [0.5, 0.6) is 11.5 Å². The number of imide groups is 1. The molecule has 1 aliphatic heterocycles. The number of carbonyl (C=O) groups is 3. The highest BCUT2D eigenvalue weighted by Gasteiger charge is 2.36. The van der Waals surface area contributed by atoms with Crippen LogP contribution >= 0.6 is 27.7 Å². The minimum Gasteiger partial charge on any atom is -0.490 e. The fourth-order valence-corrected chi connectivity index (χ4v) is 4.34. The lowest BCUT2D eigenvalue weighted by molar-refractivity contribution is -0.127. The van der Waals surface area contributed by atoms with Gasteiger partial charge in [0.2, 0.25) is 5.91 Å². The molecule has 1 N–H and O–H groups in total. The van der Waals surface area contributed by atoms with Gasteiger partial charge in [-0.3, -0.25) is 19.3 Å². The minimum absolute atomic E-state index is 0.0971. The molecule has 0 radical (unpaired) electrons. The van der Waals surface area contributed by atoms with Gasteiger partial charge in [-0.25, -0.2) is 8.78 Å². The molecule has 0 saturated carbocycles. The highest BCUT2D eigenvalue weighted by molar-refractivity contribution is 9.10. The van der Waals surface area contributed by atoms with E-state index < -0.39 is 35.2 Å². The zero-order chi connectivity index (χ0) is 24.8. The second-order valence-electron chi connectivity index (χ2n) is 6.80. The summed E-state index contributed by atoms with van der Waals surface area (Å²) in [5, 5.41) is 1.57. The number of anilines is 1. The Morgan fingerprint density at radius 2 is 2.00 bits per heavy atom. The van der Waals surface area contributed by atoms with Gasteiger partial charge in [0.05, 0.1) is 21.7 Å². The largest absolute Gasteiger partial charge is 0.490 e. The van der Waals surface area contributed by atoms with E-state index >= 15 is 0 Å². The van der Waals surface area contributed by atoms with Gasteiger partial charge in [-0.2, -0.15) is 0 Å². The van der Waals surface area contributed by atoms with Gasteiger partial charge in [-0.1, -0.05) is 12.7 Å². The maximum absolute atomic E-state index is 13.8. The molecule has 3 amide bonds. The van der Waals surface area contributed by atoms with E-state index in [1.54, 1.807) is 18.2 Å². The van der Waals surface area contributed by atoms with Crippen LogP contribution in [0.1, 0.15) is 12.5 Å². The number of benzene rings is 2. The van der Waals surface area contributed by atoms with Crippen LogP contribution < -0.4 is 14.8 Å².